The first-order chi connectivity index (χ1) is 18.1. The number of rotatable bonds is 12. The molecule has 8 heteroatoms. The van der Waals surface area contributed by atoms with Crippen LogP contribution in [0.4, 0.5) is 0 Å². The summed E-state index contributed by atoms with van der Waals surface area (Å²) in [4.78, 5) is 12.2. The topological polar surface area (TPSA) is 87.6 Å². The number of aryl methyl sites for hydroxylation is 2. The number of amides is 1. The van der Waals surface area contributed by atoms with Crippen LogP contribution in [0.2, 0.25) is 0 Å². The highest BCUT2D eigenvalue weighted by atomic mass is 16.7. The van der Waals surface area contributed by atoms with E-state index in [1.165, 1.54) is 5.56 Å². The smallest absolute Gasteiger partial charge is 0.240 e. The van der Waals surface area contributed by atoms with Crippen molar-refractivity contribution in [3.8, 4) is 28.7 Å². The van der Waals surface area contributed by atoms with Crippen LogP contribution in [-0.2, 0) is 17.8 Å². The zero-order valence-corrected chi connectivity index (χ0v) is 21.4. The van der Waals surface area contributed by atoms with Gasteiger partial charge in [0.1, 0.15) is 12.4 Å². The molecule has 8 nitrogen and oxygen atoms in total. The number of hydrogen-bond donors (Lipinski definition) is 1. The summed E-state index contributed by atoms with van der Waals surface area (Å²) in [6.07, 6.45) is 3.53. The van der Waals surface area contributed by atoms with Crippen LogP contribution in [-0.4, -0.2) is 32.6 Å². The lowest BCUT2D eigenvalue weighted by atomic mass is 10.0. The molecule has 0 unspecified atom stereocenters. The van der Waals surface area contributed by atoms with Gasteiger partial charge < -0.3 is 23.7 Å². The van der Waals surface area contributed by atoms with Crippen LogP contribution in [0.3, 0.4) is 0 Å². The molecule has 3 aromatic carbocycles. The van der Waals surface area contributed by atoms with E-state index in [0.717, 1.165) is 46.8 Å². The molecule has 1 aliphatic rings. The molecule has 0 radical (unpaired) electrons. The Hall–Kier alpha value is -4.20. The van der Waals surface area contributed by atoms with Crippen molar-refractivity contribution in [1.29, 1.82) is 0 Å². The van der Waals surface area contributed by atoms with E-state index in [0.29, 0.717) is 31.1 Å². The van der Waals surface area contributed by atoms with Crippen LogP contribution in [0.5, 0.6) is 28.7 Å². The van der Waals surface area contributed by atoms with Crippen LogP contribution in [0, 0.1) is 6.92 Å². The number of nitrogens with one attached hydrogen (secondary N) is 1. The van der Waals surface area contributed by atoms with Gasteiger partial charge in [-0.15, -0.1) is 0 Å². The fourth-order valence-corrected chi connectivity index (χ4v) is 3.93. The number of nitrogens with zero attached hydrogens (tertiary/aromatic N) is 1. The molecule has 194 valence electrons. The first kappa shape index (κ1) is 25.9. The van der Waals surface area contributed by atoms with E-state index in [-0.39, 0.29) is 12.7 Å². The quantitative estimate of drug-likeness (QED) is 0.270. The highest BCUT2D eigenvalue weighted by Crippen LogP contribution is 2.34. The Kier molecular flexibility index (Phi) is 8.86. The standard InChI is InChI=1S/C29H32N2O6/c1-4-34-27-15-21(8-12-25(27)35-18-22-9-13-26-28(16-22)37-19-36-26)17-30-31-29(32)7-5-6-23-10-11-24(33-3)14-20(23)2/h8-17H,4-7,18-19H2,1-3H3,(H,31,32)/b30-17-. The summed E-state index contributed by atoms with van der Waals surface area (Å²) in [6, 6.07) is 17.2. The van der Waals surface area contributed by atoms with E-state index < -0.39 is 0 Å². The van der Waals surface area contributed by atoms with E-state index in [9.17, 15) is 4.79 Å². The molecule has 0 bridgehead atoms. The number of methoxy groups -OCH3 is 1. The summed E-state index contributed by atoms with van der Waals surface area (Å²) in [5.74, 6) is 3.39. The predicted octanol–water partition coefficient (Wildman–Crippen LogP) is 5.18. The zero-order valence-electron chi connectivity index (χ0n) is 21.4. The lowest BCUT2D eigenvalue weighted by Crippen LogP contribution is -2.17. The van der Waals surface area contributed by atoms with Crippen molar-refractivity contribution in [3.05, 3.63) is 76.9 Å². The molecule has 0 saturated heterocycles. The number of fused-ring (bicyclic) bond motifs is 1. The number of ether oxygens (including phenoxy) is 5. The van der Waals surface area contributed by atoms with E-state index in [1.54, 1.807) is 13.3 Å². The van der Waals surface area contributed by atoms with Gasteiger partial charge in [-0.25, -0.2) is 5.43 Å². The molecule has 1 N–H and O–H groups in total. The van der Waals surface area contributed by atoms with Crippen LogP contribution in [0.15, 0.2) is 59.7 Å². The average Bonchev–Trinajstić information content (AvgIpc) is 3.37. The normalized spacial score (nSPS) is 12.0. The van der Waals surface area contributed by atoms with Crippen molar-refractivity contribution in [1.82, 2.24) is 5.43 Å². The summed E-state index contributed by atoms with van der Waals surface area (Å²) < 4.78 is 27.8. The molecule has 0 aliphatic carbocycles. The van der Waals surface area contributed by atoms with Crippen molar-refractivity contribution in [2.45, 2.75) is 39.7 Å². The van der Waals surface area contributed by atoms with Gasteiger partial charge in [0.05, 0.1) is 19.9 Å². The molecular weight excluding hydrogens is 472 g/mol. The molecule has 37 heavy (non-hydrogen) atoms. The van der Waals surface area contributed by atoms with Crippen LogP contribution < -0.4 is 29.1 Å². The Labute approximate surface area is 217 Å². The van der Waals surface area contributed by atoms with Crippen molar-refractivity contribution in [3.63, 3.8) is 0 Å². The first-order valence-electron chi connectivity index (χ1n) is 12.3. The summed E-state index contributed by atoms with van der Waals surface area (Å²) >= 11 is 0. The Morgan fingerprint density at radius 1 is 1.03 bits per heavy atom. The molecule has 0 fully saturated rings. The second kappa shape index (κ2) is 12.7. The summed E-state index contributed by atoms with van der Waals surface area (Å²) in [5.41, 5.74) is 6.71. The number of benzene rings is 3. The molecule has 3 aromatic rings. The highest BCUT2D eigenvalue weighted by molar-refractivity contribution is 5.83. The molecule has 0 saturated carbocycles. The molecule has 0 spiro atoms. The summed E-state index contributed by atoms with van der Waals surface area (Å²) in [7, 11) is 1.65. The van der Waals surface area contributed by atoms with Crippen LogP contribution in [0.25, 0.3) is 0 Å². The fraction of sp³-hybridized carbons (Fsp3) is 0.310. The Morgan fingerprint density at radius 3 is 2.70 bits per heavy atom. The zero-order chi connectivity index (χ0) is 26.0. The average molecular weight is 505 g/mol. The van der Waals surface area contributed by atoms with Crippen molar-refractivity contribution in [2.24, 2.45) is 5.10 Å². The van der Waals surface area contributed by atoms with Gasteiger partial charge in [0.2, 0.25) is 12.7 Å². The van der Waals surface area contributed by atoms with E-state index in [2.05, 4.69) is 10.5 Å². The number of carbonyl (C=O) groups is 1. The Bertz CT molecular complexity index is 1260. The van der Waals surface area contributed by atoms with Gasteiger partial charge in [0, 0.05) is 6.42 Å². The van der Waals surface area contributed by atoms with Gasteiger partial charge in [0.15, 0.2) is 23.0 Å². The van der Waals surface area contributed by atoms with Gasteiger partial charge in [-0.2, -0.15) is 5.10 Å². The second-order valence-electron chi connectivity index (χ2n) is 8.55. The fourth-order valence-electron chi connectivity index (χ4n) is 3.93. The molecule has 0 atom stereocenters. The van der Waals surface area contributed by atoms with Gasteiger partial charge >= 0.3 is 0 Å². The molecule has 4 rings (SSSR count). The van der Waals surface area contributed by atoms with Gasteiger partial charge in [0.25, 0.3) is 0 Å². The number of hydrazone groups is 1. The molecular formula is C29H32N2O6. The number of hydrogen-bond acceptors (Lipinski definition) is 7. The maximum Gasteiger partial charge on any atom is 0.240 e. The lowest BCUT2D eigenvalue weighted by Gasteiger charge is -2.13. The Balaban J connectivity index is 1.27. The second-order valence-corrected chi connectivity index (χ2v) is 8.55. The number of carbonyl (C=O) groups excluding carboxylic acids is 1. The van der Waals surface area contributed by atoms with Crippen molar-refractivity contribution in [2.75, 3.05) is 20.5 Å². The maximum absolute atomic E-state index is 12.2. The van der Waals surface area contributed by atoms with E-state index in [4.69, 9.17) is 23.7 Å². The third-order valence-corrected chi connectivity index (χ3v) is 5.90. The highest BCUT2D eigenvalue weighted by Gasteiger charge is 2.14. The largest absolute Gasteiger partial charge is 0.497 e. The molecule has 1 heterocycles. The maximum atomic E-state index is 12.2. The minimum absolute atomic E-state index is 0.129. The minimum atomic E-state index is -0.129. The van der Waals surface area contributed by atoms with Gasteiger partial charge in [-0.05, 0) is 91.4 Å². The molecule has 1 amide bonds. The molecule has 1 aliphatic heterocycles. The van der Waals surface area contributed by atoms with Crippen LogP contribution in [0.1, 0.15) is 42.0 Å². The van der Waals surface area contributed by atoms with Crippen molar-refractivity contribution >= 4 is 12.1 Å². The monoisotopic (exact) mass is 504 g/mol. The van der Waals surface area contributed by atoms with Gasteiger partial charge in [-0.1, -0.05) is 12.1 Å². The minimum Gasteiger partial charge on any atom is -0.497 e. The van der Waals surface area contributed by atoms with Gasteiger partial charge in [-0.3, -0.25) is 4.79 Å². The van der Waals surface area contributed by atoms with Crippen LogP contribution >= 0.6 is 0 Å². The summed E-state index contributed by atoms with van der Waals surface area (Å²) in [5, 5.41) is 4.10. The SMILES string of the molecule is CCOc1cc(/C=N\NC(=O)CCCc2ccc(OC)cc2C)ccc1OCc1ccc2c(c1)OCO2. The lowest BCUT2D eigenvalue weighted by molar-refractivity contribution is -0.121. The first-order valence-corrected chi connectivity index (χ1v) is 12.3. The van der Waals surface area contributed by atoms with E-state index >= 15 is 0 Å². The van der Waals surface area contributed by atoms with Crippen molar-refractivity contribution < 1.29 is 28.5 Å². The Morgan fingerprint density at radius 2 is 1.89 bits per heavy atom. The predicted molar refractivity (Wildman–Crippen MR) is 141 cm³/mol. The third kappa shape index (κ3) is 7.16. The molecule has 0 aromatic heterocycles. The van der Waals surface area contributed by atoms with E-state index in [1.807, 2.05) is 68.4 Å². The third-order valence-electron chi connectivity index (χ3n) is 5.90. The summed E-state index contributed by atoms with van der Waals surface area (Å²) in [6.45, 7) is 5.05.